The third-order valence-electron chi connectivity index (χ3n) is 2.33. The minimum Gasteiger partial charge on any atom is -0.379 e. The van der Waals surface area contributed by atoms with Gasteiger partial charge in [0.2, 0.25) is 0 Å². The Morgan fingerprint density at radius 3 is 2.94 bits per heavy atom. The second-order valence-electron chi connectivity index (χ2n) is 3.79. The van der Waals surface area contributed by atoms with E-state index in [1.54, 1.807) is 25.3 Å². The highest BCUT2D eigenvalue weighted by Crippen LogP contribution is 2.14. The molecule has 0 atom stereocenters. The summed E-state index contributed by atoms with van der Waals surface area (Å²) in [5, 5.41) is 11.8. The molecule has 2 aromatic rings. The Morgan fingerprint density at radius 2 is 2.22 bits per heavy atom. The second-order valence-corrected chi connectivity index (χ2v) is 3.79. The number of nitrogens with one attached hydrogen (secondary N) is 1. The van der Waals surface area contributed by atoms with E-state index in [1.807, 2.05) is 6.07 Å². The summed E-state index contributed by atoms with van der Waals surface area (Å²) < 4.78 is 13.2. The van der Waals surface area contributed by atoms with Gasteiger partial charge in [0.25, 0.3) is 0 Å². The number of nitriles is 1. The van der Waals surface area contributed by atoms with Crippen molar-refractivity contribution in [3.8, 4) is 6.07 Å². The minimum absolute atomic E-state index is 0.288. The third kappa shape index (κ3) is 3.01. The molecule has 0 saturated heterocycles. The number of hydrogen-bond donors (Lipinski definition) is 1. The van der Waals surface area contributed by atoms with Crippen LogP contribution in [-0.4, -0.2) is 9.97 Å². The fourth-order valence-electron chi connectivity index (χ4n) is 1.55. The molecule has 0 aliphatic carbocycles. The zero-order valence-corrected chi connectivity index (χ0v) is 9.81. The molecule has 1 aromatic heterocycles. The van der Waals surface area contributed by atoms with Crippen LogP contribution in [0.3, 0.4) is 0 Å². The molecule has 0 saturated carbocycles. The Hall–Kier alpha value is -2.48. The highest BCUT2D eigenvalue weighted by atomic mass is 19.1. The summed E-state index contributed by atoms with van der Waals surface area (Å²) in [6.45, 7) is 2.26. The molecule has 5 heteroatoms. The fourth-order valence-corrected chi connectivity index (χ4v) is 1.55. The lowest BCUT2D eigenvalue weighted by atomic mass is 10.2. The van der Waals surface area contributed by atoms with Crippen LogP contribution in [0, 0.1) is 24.1 Å². The summed E-state index contributed by atoms with van der Waals surface area (Å²) in [4.78, 5) is 8.22. The van der Waals surface area contributed by atoms with Gasteiger partial charge in [0.15, 0.2) is 0 Å². The average Bonchev–Trinajstić information content (AvgIpc) is 2.36. The van der Waals surface area contributed by atoms with E-state index >= 15 is 0 Å². The van der Waals surface area contributed by atoms with Gasteiger partial charge in [0.1, 0.15) is 11.6 Å². The average molecular weight is 242 g/mol. The Labute approximate surface area is 104 Å². The largest absolute Gasteiger partial charge is 0.379 e. The first-order valence-corrected chi connectivity index (χ1v) is 5.40. The van der Waals surface area contributed by atoms with Gasteiger partial charge in [-0.2, -0.15) is 5.26 Å². The van der Waals surface area contributed by atoms with Crippen LogP contribution >= 0.6 is 0 Å². The first-order valence-electron chi connectivity index (χ1n) is 5.40. The van der Waals surface area contributed by atoms with Crippen LogP contribution in [0.25, 0.3) is 0 Å². The van der Waals surface area contributed by atoms with E-state index in [0.29, 0.717) is 18.1 Å². The molecule has 0 radical (unpaired) electrons. The van der Waals surface area contributed by atoms with Gasteiger partial charge in [-0.05, 0) is 31.2 Å². The molecular weight excluding hydrogens is 231 g/mol. The smallest absolute Gasteiger partial charge is 0.126 e. The first-order chi connectivity index (χ1) is 8.67. The SMILES string of the molecule is Cc1nccc(CNc2cc(F)cc(C#N)c2)n1. The summed E-state index contributed by atoms with van der Waals surface area (Å²) in [5.41, 5.74) is 1.66. The number of rotatable bonds is 3. The zero-order chi connectivity index (χ0) is 13.0. The number of aromatic nitrogens is 2. The Bertz CT molecular complexity index is 604. The van der Waals surface area contributed by atoms with Crippen molar-refractivity contribution in [1.82, 2.24) is 9.97 Å². The van der Waals surface area contributed by atoms with Crippen molar-refractivity contribution < 1.29 is 4.39 Å². The van der Waals surface area contributed by atoms with Gasteiger partial charge >= 0.3 is 0 Å². The number of hydrogen-bond acceptors (Lipinski definition) is 4. The van der Waals surface area contributed by atoms with Crippen LogP contribution in [-0.2, 0) is 6.54 Å². The van der Waals surface area contributed by atoms with Crippen molar-refractivity contribution in [2.24, 2.45) is 0 Å². The fraction of sp³-hybridized carbons (Fsp3) is 0.154. The van der Waals surface area contributed by atoms with Crippen molar-refractivity contribution in [2.75, 3.05) is 5.32 Å². The Kier molecular flexibility index (Phi) is 3.49. The minimum atomic E-state index is -0.435. The molecule has 1 aromatic carbocycles. The number of nitrogens with zero attached hydrogens (tertiary/aromatic N) is 3. The van der Waals surface area contributed by atoms with Gasteiger partial charge in [-0.3, -0.25) is 0 Å². The molecule has 0 amide bonds. The predicted octanol–water partition coefficient (Wildman–Crippen LogP) is 2.41. The van der Waals surface area contributed by atoms with E-state index in [0.717, 1.165) is 5.69 Å². The van der Waals surface area contributed by atoms with Crippen molar-refractivity contribution >= 4 is 5.69 Å². The Balaban J connectivity index is 2.11. The summed E-state index contributed by atoms with van der Waals surface area (Å²) in [5.74, 6) is 0.252. The lowest BCUT2D eigenvalue weighted by molar-refractivity contribution is 0.627. The van der Waals surface area contributed by atoms with Gasteiger partial charge in [-0.15, -0.1) is 0 Å². The van der Waals surface area contributed by atoms with E-state index in [4.69, 9.17) is 5.26 Å². The number of halogens is 1. The van der Waals surface area contributed by atoms with Crippen molar-refractivity contribution in [3.05, 3.63) is 53.4 Å². The lowest BCUT2D eigenvalue weighted by Crippen LogP contribution is -2.03. The quantitative estimate of drug-likeness (QED) is 0.897. The van der Waals surface area contributed by atoms with Crippen LogP contribution in [0.15, 0.2) is 30.5 Å². The normalized spacial score (nSPS) is 9.83. The number of aryl methyl sites for hydroxylation is 1. The molecule has 2 rings (SSSR count). The molecule has 0 aliphatic heterocycles. The van der Waals surface area contributed by atoms with Crippen molar-refractivity contribution in [1.29, 1.82) is 5.26 Å². The van der Waals surface area contributed by atoms with Gasteiger partial charge in [0.05, 0.1) is 23.9 Å². The Morgan fingerprint density at radius 1 is 1.39 bits per heavy atom. The lowest BCUT2D eigenvalue weighted by Gasteiger charge is -2.06. The van der Waals surface area contributed by atoms with Crippen molar-refractivity contribution in [2.45, 2.75) is 13.5 Å². The molecule has 90 valence electrons. The monoisotopic (exact) mass is 242 g/mol. The van der Waals surface area contributed by atoms with Crippen LogP contribution in [0.2, 0.25) is 0 Å². The molecule has 0 spiro atoms. The van der Waals surface area contributed by atoms with E-state index < -0.39 is 5.82 Å². The summed E-state index contributed by atoms with van der Waals surface area (Å²) in [6, 6.07) is 7.82. The van der Waals surface area contributed by atoms with Gasteiger partial charge in [-0.1, -0.05) is 0 Å². The molecule has 1 N–H and O–H groups in total. The first kappa shape index (κ1) is 12.0. The van der Waals surface area contributed by atoms with E-state index in [2.05, 4.69) is 15.3 Å². The van der Waals surface area contributed by atoms with E-state index in [1.165, 1.54) is 12.1 Å². The van der Waals surface area contributed by atoms with Gasteiger partial charge in [-0.25, -0.2) is 14.4 Å². The standard InChI is InChI=1S/C13H11FN4/c1-9-16-3-2-12(18-9)8-17-13-5-10(7-15)4-11(14)6-13/h2-6,17H,8H2,1H3. The maximum absolute atomic E-state index is 13.2. The van der Waals surface area contributed by atoms with Crippen LogP contribution < -0.4 is 5.32 Å². The molecular formula is C13H11FN4. The number of anilines is 1. The van der Waals surface area contributed by atoms with Crippen molar-refractivity contribution in [3.63, 3.8) is 0 Å². The maximum Gasteiger partial charge on any atom is 0.126 e. The third-order valence-corrected chi connectivity index (χ3v) is 2.33. The van der Waals surface area contributed by atoms with Crippen LogP contribution in [0.1, 0.15) is 17.1 Å². The summed E-state index contributed by atoms with van der Waals surface area (Å²) >= 11 is 0. The van der Waals surface area contributed by atoms with E-state index in [-0.39, 0.29) is 5.56 Å². The number of benzene rings is 1. The highest BCUT2D eigenvalue weighted by molar-refractivity contribution is 5.49. The highest BCUT2D eigenvalue weighted by Gasteiger charge is 2.01. The van der Waals surface area contributed by atoms with Gasteiger partial charge in [0, 0.05) is 11.9 Å². The molecule has 4 nitrogen and oxygen atoms in total. The summed E-state index contributed by atoms with van der Waals surface area (Å²) in [7, 11) is 0. The molecule has 1 heterocycles. The topological polar surface area (TPSA) is 61.6 Å². The molecule has 0 aliphatic rings. The zero-order valence-electron chi connectivity index (χ0n) is 9.81. The van der Waals surface area contributed by atoms with E-state index in [9.17, 15) is 4.39 Å². The molecule has 0 fully saturated rings. The van der Waals surface area contributed by atoms with Gasteiger partial charge < -0.3 is 5.32 Å². The van der Waals surface area contributed by atoms with Crippen LogP contribution in [0.4, 0.5) is 10.1 Å². The molecule has 0 bridgehead atoms. The second kappa shape index (κ2) is 5.23. The molecule has 18 heavy (non-hydrogen) atoms. The molecule has 0 unspecified atom stereocenters. The van der Waals surface area contributed by atoms with Crippen LogP contribution in [0.5, 0.6) is 0 Å². The maximum atomic E-state index is 13.2. The predicted molar refractivity (Wildman–Crippen MR) is 65.2 cm³/mol. The summed E-state index contributed by atoms with van der Waals surface area (Å²) in [6.07, 6.45) is 1.67.